The molecule has 0 radical (unpaired) electrons. The molecule has 1 amide bonds. The number of hydrogen-bond acceptors (Lipinski definition) is 6. The Hall–Kier alpha value is -1.92. The van der Waals surface area contributed by atoms with Crippen molar-refractivity contribution in [1.29, 1.82) is 0 Å². The van der Waals surface area contributed by atoms with E-state index in [1.165, 1.54) is 0 Å². The first-order valence-corrected chi connectivity index (χ1v) is 5.98. The van der Waals surface area contributed by atoms with Crippen LogP contribution in [0.3, 0.4) is 0 Å². The third-order valence-corrected chi connectivity index (χ3v) is 2.48. The number of nitrogens with zero attached hydrogens (tertiary/aromatic N) is 2. The van der Waals surface area contributed by atoms with Gasteiger partial charge in [0.15, 0.2) is 0 Å². The highest BCUT2D eigenvalue weighted by Crippen LogP contribution is 2.39. The van der Waals surface area contributed by atoms with Gasteiger partial charge in [0.05, 0.1) is 13.0 Å². The molecule has 1 fully saturated rings. The van der Waals surface area contributed by atoms with Gasteiger partial charge in [-0.15, -0.1) is 5.10 Å². The lowest BCUT2D eigenvalue weighted by molar-refractivity contribution is -0.144. The number of esters is 1. The van der Waals surface area contributed by atoms with Crippen LogP contribution in [-0.2, 0) is 14.3 Å². The summed E-state index contributed by atoms with van der Waals surface area (Å²) in [4.78, 5) is 22.5. The Balaban J connectivity index is 1.74. The first-order valence-electron chi connectivity index (χ1n) is 5.98. The summed E-state index contributed by atoms with van der Waals surface area (Å²) in [5.41, 5.74) is 0. The number of aromatic nitrogens is 2. The molecule has 0 saturated heterocycles. The van der Waals surface area contributed by atoms with Crippen molar-refractivity contribution in [2.45, 2.75) is 38.5 Å². The molecule has 7 heteroatoms. The molecule has 0 aromatic carbocycles. The number of hydrogen-bond donors (Lipinski definition) is 1. The second-order valence-corrected chi connectivity index (χ2v) is 4.07. The number of nitrogens with one attached hydrogen (secondary N) is 1. The van der Waals surface area contributed by atoms with E-state index in [0.717, 1.165) is 12.8 Å². The Morgan fingerprint density at radius 1 is 1.39 bits per heavy atom. The van der Waals surface area contributed by atoms with E-state index in [1.54, 1.807) is 6.92 Å². The molecule has 0 aliphatic heterocycles. The summed E-state index contributed by atoms with van der Waals surface area (Å²) in [6.45, 7) is 2.03. The zero-order chi connectivity index (χ0) is 13.0. The smallest absolute Gasteiger partial charge is 0.322 e. The molecule has 1 aliphatic rings. The molecule has 0 bridgehead atoms. The van der Waals surface area contributed by atoms with Gasteiger partial charge in [-0.05, 0) is 19.8 Å². The van der Waals surface area contributed by atoms with Crippen LogP contribution in [0.15, 0.2) is 4.42 Å². The minimum Gasteiger partial charge on any atom is -0.466 e. The molecule has 1 saturated carbocycles. The zero-order valence-electron chi connectivity index (χ0n) is 10.1. The minimum atomic E-state index is -0.392. The molecule has 1 N–H and O–H groups in total. The second kappa shape index (κ2) is 5.61. The van der Waals surface area contributed by atoms with E-state index in [2.05, 4.69) is 15.5 Å². The molecule has 0 spiro atoms. The Morgan fingerprint density at radius 2 is 2.17 bits per heavy atom. The van der Waals surface area contributed by atoms with Gasteiger partial charge in [-0.25, -0.2) is 0 Å². The maximum Gasteiger partial charge on any atom is 0.322 e. The Kier molecular flexibility index (Phi) is 3.91. The van der Waals surface area contributed by atoms with E-state index in [-0.39, 0.29) is 24.8 Å². The number of ether oxygens (including phenoxy) is 1. The van der Waals surface area contributed by atoms with Crippen molar-refractivity contribution >= 4 is 17.9 Å². The summed E-state index contributed by atoms with van der Waals surface area (Å²) < 4.78 is 9.98. The lowest BCUT2D eigenvalue weighted by Crippen LogP contribution is -2.14. The molecule has 1 aromatic heterocycles. The van der Waals surface area contributed by atoms with Crippen molar-refractivity contribution in [2.24, 2.45) is 0 Å². The SMILES string of the molecule is CCOC(=O)CCC(=O)Nc1nnc(C2CC2)o1. The van der Waals surface area contributed by atoms with Crippen LogP contribution in [0.25, 0.3) is 0 Å². The standard InChI is InChI=1S/C11H15N3O4/c1-2-17-9(16)6-5-8(15)12-11-14-13-10(18-11)7-3-4-7/h7H,2-6H2,1H3,(H,12,14,15). The van der Waals surface area contributed by atoms with E-state index >= 15 is 0 Å². The summed E-state index contributed by atoms with van der Waals surface area (Å²) in [6.07, 6.45) is 2.19. The van der Waals surface area contributed by atoms with Crippen LogP contribution in [0.2, 0.25) is 0 Å². The fraction of sp³-hybridized carbons (Fsp3) is 0.636. The van der Waals surface area contributed by atoms with E-state index in [1.807, 2.05) is 0 Å². The van der Waals surface area contributed by atoms with Gasteiger partial charge in [0, 0.05) is 12.3 Å². The third-order valence-electron chi connectivity index (χ3n) is 2.48. The van der Waals surface area contributed by atoms with Crippen LogP contribution in [0.4, 0.5) is 6.01 Å². The van der Waals surface area contributed by atoms with Crippen molar-refractivity contribution in [3.05, 3.63) is 5.89 Å². The summed E-state index contributed by atoms with van der Waals surface area (Å²) >= 11 is 0. The van der Waals surface area contributed by atoms with Gasteiger partial charge in [0.2, 0.25) is 11.8 Å². The van der Waals surface area contributed by atoms with Crippen LogP contribution in [-0.4, -0.2) is 28.7 Å². The van der Waals surface area contributed by atoms with Crippen molar-refractivity contribution in [3.63, 3.8) is 0 Å². The quantitative estimate of drug-likeness (QED) is 0.766. The van der Waals surface area contributed by atoms with E-state index < -0.39 is 5.97 Å². The highest BCUT2D eigenvalue weighted by Gasteiger charge is 2.29. The molecular weight excluding hydrogens is 238 g/mol. The molecule has 18 heavy (non-hydrogen) atoms. The van der Waals surface area contributed by atoms with Crippen LogP contribution >= 0.6 is 0 Å². The average Bonchev–Trinajstić information content (AvgIpc) is 3.09. The van der Waals surface area contributed by atoms with Gasteiger partial charge in [-0.1, -0.05) is 5.10 Å². The molecular formula is C11H15N3O4. The highest BCUT2D eigenvalue weighted by molar-refractivity contribution is 5.90. The summed E-state index contributed by atoms with van der Waals surface area (Å²) in [7, 11) is 0. The first kappa shape index (κ1) is 12.5. The zero-order valence-corrected chi connectivity index (χ0v) is 10.1. The second-order valence-electron chi connectivity index (χ2n) is 4.07. The van der Waals surface area contributed by atoms with E-state index in [9.17, 15) is 9.59 Å². The van der Waals surface area contributed by atoms with Crippen molar-refractivity contribution in [2.75, 3.05) is 11.9 Å². The number of anilines is 1. The summed E-state index contributed by atoms with van der Waals surface area (Å²) in [5, 5.41) is 10.0. The van der Waals surface area contributed by atoms with Crippen LogP contribution in [0, 0.1) is 0 Å². The van der Waals surface area contributed by atoms with E-state index in [4.69, 9.17) is 9.15 Å². The largest absolute Gasteiger partial charge is 0.466 e. The predicted molar refractivity (Wildman–Crippen MR) is 60.8 cm³/mol. The Labute approximate surface area is 104 Å². The van der Waals surface area contributed by atoms with Gasteiger partial charge in [-0.2, -0.15) is 0 Å². The van der Waals surface area contributed by atoms with Crippen molar-refractivity contribution in [1.82, 2.24) is 10.2 Å². The lowest BCUT2D eigenvalue weighted by atomic mass is 10.3. The van der Waals surface area contributed by atoms with Crippen molar-refractivity contribution < 1.29 is 18.7 Å². The number of rotatable bonds is 6. The molecule has 1 aliphatic carbocycles. The van der Waals surface area contributed by atoms with E-state index in [0.29, 0.717) is 18.4 Å². The Bertz CT molecular complexity index is 439. The average molecular weight is 253 g/mol. The highest BCUT2D eigenvalue weighted by atomic mass is 16.5. The molecule has 7 nitrogen and oxygen atoms in total. The summed E-state index contributed by atoms with van der Waals surface area (Å²) in [6, 6.07) is 0.0887. The number of carbonyl (C=O) groups is 2. The molecule has 1 heterocycles. The van der Waals surface area contributed by atoms with Crippen LogP contribution in [0.5, 0.6) is 0 Å². The van der Waals surface area contributed by atoms with Gasteiger partial charge in [0.1, 0.15) is 0 Å². The van der Waals surface area contributed by atoms with Crippen LogP contribution < -0.4 is 5.32 Å². The maximum atomic E-state index is 11.5. The molecule has 0 unspecified atom stereocenters. The number of carbonyl (C=O) groups excluding carboxylic acids is 2. The third kappa shape index (κ3) is 3.54. The van der Waals surface area contributed by atoms with Gasteiger partial charge in [0.25, 0.3) is 0 Å². The number of amides is 1. The first-order chi connectivity index (χ1) is 8.69. The normalized spacial score (nSPS) is 14.3. The van der Waals surface area contributed by atoms with Gasteiger partial charge in [-0.3, -0.25) is 14.9 Å². The summed E-state index contributed by atoms with van der Waals surface area (Å²) in [5.74, 6) is 0.185. The monoisotopic (exact) mass is 253 g/mol. The maximum absolute atomic E-state index is 11.5. The van der Waals surface area contributed by atoms with Crippen molar-refractivity contribution in [3.8, 4) is 0 Å². The molecule has 0 atom stereocenters. The van der Waals surface area contributed by atoms with Gasteiger partial charge < -0.3 is 9.15 Å². The molecule has 2 rings (SSSR count). The van der Waals surface area contributed by atoms with Crippen LogP contribution in [0.1, 0.15) is 44.4 Å². The minimum absolute atomic E-state index is 0.0416. The fourth-order valence-corrected chi connectivity index (χ4v) is 1.41. The lowest BCUT2D eigenvalue weighted by Gasteiger charge is -2.01. The van der Waals surface area contributed by atoms with Gasteiger partial charge >= 0.3 is 12.0 Å². The Morgan fingerprint density at radius 3 is 2.83 bits per heavy atom. The fourth-order valence-electron chi connectivity index (χ4n) is 1.41. The molecule has 1 aromatic rings. The predicted octanol–water partition coefficient (Wildman–Crippen LogP) is 1.23. The molecule has 98 valence electrons. The topological polar surface area (TPSA) is 94.3 Å².